The lowest BCUT2D eigenvalue weighted by Crippen LogP contribution is -2.34. The molecule has 0 atom stereocenters. The Morgan fingerprint density at radius 2 is 2.05 bits per heavy atom. The minimum Gasteiger partial charge on any atom is -0.383 e. The lowest BCUT2D eigenvalue weighted by Gasteiger charge is -2.34. The first-order valence-corrected chi connectivity index (χ1v) is 8.31. The van der Waals surface area contributed by atoms with Crippen LogP contribution < -0.4 is 10.2 Å². The Labute approximate surface area is 133 Å². The molecule has 0 spiro atoms. The highest BCUT2D eigenvalue weighted by Crippen LogP contribution is 2.30. The van der Waals surface area contributed by atoms with Crippen molar-refractivity contribution in [1.29, 1.82) is 0 Å². The van der Waals surface area contributed by atoms with Crippen molar-refractivity contribution in [2.45, 2.75) is 44.7 Å². The van der Waals surface area contributed by atoms with E-state index in [4.69, 9.17) is 16.3 Å². The molecule has 1 saturated carbocycles. The van der Waals surface area contributed by atoms with Gasteiger partial charge in [0.25, 0.3) is 0 Å². The molecule has 1 aliphatic rings. The molecule has 1 aliphatic carbocycles. The van der Waals surface area contributed by atoms with Crippen LogP contribution in [0.5, 0.6) is 0 Å². The lowest BCUT2D eigenvalue weighted by molar-refractivity contribution is 0.199. The molecule has 0 bridgehead atoms. The summed E-state index contributed by atoms with van der Waals surface area (Å²) in [6, 6.07) is 6.90. The van der Waals surface area contributed by atoms with Crippen molar-refractivity contribution in [3.8, 4) is 0 Å². The van der Waals surface area contributed by atoms with Crippen LogP contribution in [0.25, 0.3) is 0 Å². The number of rotatable bonds is 7. The summed E-state index contributed by atoms with van der Waals surface area (Å²) in [5.74, 6) is 0. The molecule has 2 rings (SSSR count). The topological polar surface area (TPSA) is 24.5 Å². The zero-order valence-electron chi connectivity index (χ0n) is 13.2. The Kier molecular flexibility index (Phi) is 6.81. The average molecular weight is 311 g/mol. The number of ether oxygens (including phenoxy) is 1. The largest absolute Gasteiger partial charge is 0.383 e. The number of nitrogens with one attached hydrogen (secondary N) is 1. The average Bonchev–Trinajstić information content (AvgIpc) is 2.52. The molecule has 0 aromatic heterocycles. The zero-order valence-corrected chi connectivity index (χ0v) is 14.0. The molecule has 1 aromatic rings. The van der Waals surface area contributed by atoms with Gasteiger partial charge >= 0.3 is 0 Å². The molecular weight excluding hydrogens is 284 g/mol. The van der Waals surface area contributed by atoms with E-state index in [0.29, 0.717) is 6.04 Å². The number of hydrogen-bond donors (Lipinski definition) is 1. The van der Waals surface area contributed by atoms with Crippen LogP contribution in [-0.2, 0) is 11.3 Å². The first-order chi connectivity index (χ1) is 10.2. The van der Waals surface area contributed by atoms with Crippen LogP contribution in [0.1, 0.15) is 37.7 Å². The van der Waals surface area contributed by atoms with E-state index in [1.165, 1.54) is 43.4 Å². The van der Waals surface area contributed by atoms with E-state index < -0.39 is 0 Å². The second-order valence-electron chi connectivity index (χ2n) is 5.85. The van der Waals surface area contributed by atoms with Gasteiger partial charge in [0.05, 0.1) is 6.61 Å². The number of benzene rings is 1. The SMILES string of the molecule is COCCNCc1cc(Cl)ccc1N(C)C1CCCCC1. The molecule has 0 aliphatic heterocycles. The van der Waals surface area contributed by atoms with Gasteiger partial charge in [0.15, 0.2) is 0 Å². The Hall–Kier alpha value is -0.770. The number of methoxy groups -OCH3 is 1. The van der Waals surface area contributed by atoms with Crippen molar-refractivity contribution >= 4 is 17.3 Å². The maximum Gasteiger partial charge on any atom is 0.0587 e. The summed E-state index contributed by atoms with van der Waals surface area (Å²) in [6.45, 7) is 2.42. The summed E-state index contributed by atoms with van der Waals surface area (Å²) in [6.07, 6.45) is 6.69. The monoisotopic (exact) mass is 310 g/mol. The minimum absolute atomic E-state index is 0.664. The highest BCUT2D eigenvalue weighted by atomic mass is 35.5. The maximum atomic E-state index is 6.18. The van der Waals surface area contributed by atoms with Gasteiger partial charge in [-0.1, -0.05) is 30.9 Å². The number of nitrogens with zero attached hydrogens (tertiary/aromatic N) is 1. The van der Waals surface area contributed by atoms with Gasteiger partial charge in [0, 0.05) is 44.0 Å². The van der Waals surface area contributed by atoms with Crippen LogP contribution in [0, 0.1) is 0 Å². The third kappa shape index (κ3) is 4.87. The van der Waals surface area contributed by atoms with Gasteiger partial charge in [-0.15, -0.1) is 0 Å². The fourth-order valence-electron chi connectivity index (χ4n) is 3.10. The summed E-state index contributed by atoms with van der Waals surface area (Å²) in [5, 5.41) is 4.22. The molecule has 0 amide bonds. The predicted molar refractivity (Wildman–Crippen MR) is 90.3 cm³/mol. The molecule has 118 valence electrons. The summed E-state index contributed by atoms with van der Waals surface area (Å²) < 4.78 is 5.08. The zero-order chi connectivity index (χ0) is 15.1. The van der Waals surface area contributed by atoms with Crippen molar-refractivity contribution in [1.82, 2.24) is 5.32 Å². The van der Waals surface area contributed by atoms with Crippen LogP contribution >= 0.6 is 11.6 Å². The Morgan fingerprint density at radius 1 is 1.29 bits per heavy atom. The quantitative estimate of drug-likeness (QED) is 0.774. The summed E-state index contributed by atoms with van der Waals surface area (Å²) in [4.78, 5) is 2.45. The van der Waals surface area contributed by atoms with E-state index in [1.807, 2.05) is 6.07 Å². The minimum atomic E-state index is 0.664. The molecule has 0 heterocycles. The lowest BCUT2D eigenvalue weighted by atomic mass is 9.94. The standard InChI is InChI=1S/C17H27ClN2O/c1-20(16-6-4-3-5-7-16)17-9-8-15(18)12-14(17)13-19-10-11-21-2/h8-9,12,16,19H,3-7,10-11,13H2,1-2H3. The smallest absolute Gasteiger partial charge is 0.0587 e. The van der Waals surface area contributed by atoms with Crippen molar-refractivity contribution < 1.29 is 4.74 Å². The highest BCUT2D eigenvalue weighted by molar-refractivity contribution is 6.30. The Bertz CT molecular complexity index is 433. The molecule has 21 heavy (non-hydrogen) atoms. The molecule has 1 aromatic carbocycles. The number of anilines is 1. The van der Waals surface area contributed by atoms with Gasteiger partial charge in [-0.25, -0.2) is 0 Å². The third-order valence-corrected chi connectivity index (χ3v) is 4.58. The van der Waals surface area contributed by atoms with Crippen molar-refractivity contribution in [3.05, 3.63) is 28.8 Å². The predicted octanol–water partition coefficient (Wildman–Crippen LogP) is 3.84. The third-order valence-electron chi connectivity index (χ3n) is 4.34. The van der Waals surface area contributed by atoms with Crippen LogP contribution in [0.15, 0.2) is 18.2 Å². The summed E-state index contributed by atoms with van der Waals surface area (Å²) >= 11 is 6.18. The van der Waals surface area contributed by atoms with Crippen molar-refractivity contribution in [2.24, 2.45) is 0 Å². The van der Waals surface area contributed by atoms with Crippen LogP contribution in [0.4, 0.5) is 5.69 Å². The Balaban J connectivity index is 2.05. The van der Waals surface area contributed by atoms with Gasteiger partial charge in [-0.05, 0) is 36.6 Å². The molecule has 4 heteroatoms. The van der Waals surface area contributed by atoms with E-state index in [9.17, 15) is 0 Å². The fraction of sp³-hybridized carbons (Fsp3) is 0.647. The second kappa shape index (κ2) is 8.62. The van der Waals surface area contributed by atoms with E-state index >= 15 is 0 Å². The van der Waals surface area contributed by atoms with E-state index in [-0.39, 0.29) is 0 Å². The fourth-order valence-corrected chi connectivity index (χ4v) is 3.30. The van der Waals surface area contributed by atoms with Crippen LogP contribution in [0.2, 0.25) is 5.02 Å². The molecule has 0 saturated heterocycles. The first-order valence-electron chi connectivity index (χ1n) is 7.93. The molecule has 1 N–H and O–H groups in total. The molecule has 1 fully saturated rings. The molecule has 0 radical (unpaired) electrons. The van der Waals surface area contributed by atoms with Gasteiger partial charge < -0.3 is 15.0 Å². The molecule has 0 unspecified atom stereocenters. The molecule has 3 nitrogen and oxygen atoms in total. The molecular formula is C17H27ClN2O. The highest BCUT2D eigenvalue weighted by Gasteiger charge is 2.20. The van der Waals surface area contributed by atoms with E-state index in [0.717, 1.165) is 24.7 Å². The van der Waals surface area contributed by atoms with Crippen LogP contribution in [0.3, 0.4) is 0 Å². The number of hydrogen-bond acceptors (Lipinski definition) is 3. The van der Waals surface area contributed by atoms with E-state index in [2.05, 4.69) is 29.4 Å². The Morgan fingerprint density at radius 3 is 2.76 bits per heavy atom. The van der Waals surface area contributed by atoms with E-state index in [1.54, 1.807) is 7.11 Å². The van der Waals surface area contributed by atoms with Gasteiger partial charge in [0.1, 0.15) is 0 Å². The summed E-state index contributed by atoms with van der Waals surface area (Å²) in [5.41, 5.74) is 2.57. The summed E-state index contributed by atoms with van der Waals surface area (Å²) in [7, 11) is 3.95. The van der Waals surface area contributed by atoms with Crippen molar-refractivity contribution in [2.75, 3.05) is 32.2 Å². The van der Waals surface area contributed by atoms with Gasteiger partial charge in [0.2, 0.25) is 0 Å². The number of halogens is 1. The van der Waals surface area contributed by atoms with Crippen LogP contribution in [-0.4, -0.2) is 33.4 Å². The second-order valence-corrected chi connectivity index (χ2v) is 6.28. The first kappa shape index (κ1) is 16.6. The normalized spacial score (nSPS) is 16.1. The van der Waals surface area contributed by atoms with Gasteiger partial charge in [-0.2, -0.15) is 0 Å². The maximum absolute atomic E-state index is 6.18. The van der Waals surface area contributed by atoms with Gasteiger partial charge in [-0.3, -0.25) is 0 Å². The van der Waals surface area contributed by atoms with Crippen molar-refractivity contribution in [3.63, 3.8) is 0 Å².